The molecule has 0 aromatic carbocycles. The highest BCUT2D eigenvalue weighted by Crippen LogP contribution is 2.23. The van der Waals surface area contributed by atoms with Gasteiger partial charge >= 0.3 is 0 Å². The van der Waals surface area contributed by atoms with Gasteiger partial charge in [-0.15, -0.1) is 22.7 Å². The molecule has 0 saturated carbocycles. The first kappa shape index (κ1) is 17.8. The number of amides is 1. The van der Waals surface area contributed by atoms with Crippen LogP contribution in [0.25, 0.3) is 0 Å². The van der Waals surface area contributed by atoms with E-state index in [1.54, 1.807) is 28.9 Å². The van der Waals surface area contributed by atoms with E-state index in [9.17, 15) is 4.79 Å². The summed E-state index contributed by atoms with van der Waals surface area (Å²) in [5.74, 6) is -0.131. The summed E-state index contributed by atoms with van der Waals surface area (Å²) in [4.78, 5) is 18.4. The Labute approximate surface area is 155 Å². The van der Waals surface area contributed by atoms with Crippen LogP contribution in [0.2, 0.25) is 0 Å². The summed E-state index contributed by atoms with van der Waals surface area (Å²) in [5.41, 5.74) is 2.05. The van der Waals surface area contributed by atoms with Gasteiger partial charge in [-0.2, -0.15) is 5.10 Å². The van der Waals surface area contributed by atoms with Crippen LogP contribution in [0.1, 0.15) is 34.2 Å². The Morgan fingerprint density at radius 1 is 1.32 bits per heavy atom. The second-order valence-corrected chi connectivity index (χ2v) is 8.18. The molecule has 0 spiro atoms. The zero-order chi connectivity index (χ0) is 17.8. The Balaban J connectivity index is 1.68. The van der Waals surface area contributed by atoms with Crippen LogP contribution in [0.5, 0.6) is 0 Å². The molecule has 3 aromatic rings. The lowest BCUT2D eigenvalue weighted by Gasteiger charge is -2.19. The molecule has 2 unspecified atom stereocenters. The van der Waals surface area contributed by atoms with Crippen LogP contribution in [0.15, 0.2) is 35.2 Å². The van der Waals surface area contributed by atoms with E-state index in [0.29, 0.717) is 6.54 Å². The third-order valence-corrected chi connectivity index (χ3v) is 5.84. The molecule has 1 amide bonds. The number of thiophene rings is 1. The number of aromatic nitrogens is 3. The van der Waals surface area contributed by atoms with Crippen LogP contribution in [-0.4, -0.2) is 20.7 Å². The molecule has 0 bridgehead atoms. The van der Waals surface area contributed by atoms with Gasteiger partial charge in [0.15, 0.2) is 0 Å². The number of carbonyl (C=O) groups is 1. The molecule has 2 atom stereocenters. The van der Waals surface area contributed by atoms with E-state index in [2.05, 4.69) is 26.8 Å². The standard InChI is InChI=1S/C18H22N4OS2/c1-12(11-22-14(3)9-13(2)21-22)17(23)20-16(18-19-6-8-25-18)10-15-5-4-7-24-15/h4-9,12,16H,10-11H2,1-3H3,(H,20,23). The van der Waals surface area contributed by atoms with E-state index in [1.807, 2.05) is 43.0 Å². The minimum absolute atomic E-state index is 0.0318. The summed E-state index contributed by atoms with van der Waals surface area (Å²) in [6, 6.07) is 6.07. The smallest absolute Gasteiger partial charge is 0.225 e. The lowest BCUT2D eigenvalue weighted by molar-refractivity contribution is -0.125. The molecule has 3 heterocycles. The van der Waals surface area contributed by atoms with Crippen molar-refractivity contribution in [1.82, 2.24) is 20.1 Å². The minimum Gasteiger partial charge on any atom is -0.346 e. The molecule has 7 heteroatoms. The van der Waals surface area contributed by atoms with Gasteiger partial charge < -0.3 is 5.32 Å². The van der Waals surface area contributed by atoms with Crippen molar-refractivity contribution >= 4 is 28.6 Å². The molecule has 0 aliphatic heterocycles. The predicted molar refractivity (Wildman–Crippen MR) is 102 cm³/mol. The fraction of sp³-hybridized carbons (Fsp3) is 0.389. The Morgan fingerprint density at radius 2 is 2.16 bits per heavy atom. The number of nitrogens with one attached hydrogen (secondary N) is 1. The molecule has 0 radical (unpaired) electrons. The van der Waals surface area contributed by atoms with Gasteiger partial charge in [-0.25, -0.2) is 4.98 Å². The average Bonchev–Trinajstić information content (AvgIpc) is 3.30. The Bertz CT molecular complexity index is 808. The maximum Gasteiger partial charge on any atom is 0.225 e. The number of thiazole rings is 1. The largest absolute Gasteiger partial charge is 0.346 e. The van der Waals surface area contributed by atoms with Gasteiger partial charge in [-0.05, 0) is 31.4 Å². The Morgan fingerprint density at radius 3 is 2.76 bits per heavy atom. The van der Waals surface area contributed by atoms with Crippen molar-refractivity contribution in [2.75, 3.05) is 0 Å². The highest BCUT2D eigenvalue weighted by Gasteiger charge is 2.22. The van der Waals surface area contributed by atoms with Gasteiger partial charge in [-0.3, -0.25) is 9.48 Å². The highest BCUT2D eigenvalue weighted by atomic mass is 32.1. The van der Waals surface area contributed by atoms with Crippen LogP contribution < -0.4 is 5.32 Å². The lowest BCUT2D eigenvalue weighted by atomic mass is 10.1. The maximum atomic E-state index is 12.7. The van der Waals surface area contributed by atoms with E-state index in [4.69, 9.17) is 0 Å². The topological polar surface area (TPSA) is 59.8 Å². The third-order valence-electron chi connectivity index (χ3n) is 4.05. The molecule has 25 heavy (non-hydrogen) atoms. The summed E-state index contributed by atoms with van der Waals surface area (Å²) >= 11 is 3.28. The zero-order valence-electron chi connectivity index (χ0n) is 14.6. The highest BCUT2D eigenvalue weighted by molar-refractivity contribution is 7.10. The van der Waals surface area contributed by atoms with Gasteiger partial charge in [0.25, 0.3) is 0 Å². The lowest BCUT2D eigenvalue weighted by Crippen LogP contribution is -2.35. The molecular formula is C18H22N4OS2. The van der Waals surface area contributed by atoms with Crippen molar-refractivity contribution < 1.29 is 4.79 Å². The Kier molecular flexibility index (Phi) is 5.65. The summed E-state index contributed by atoms with van der Waals surface area (Å²) < 4.78 is 1.90. The molecule has 5 nitrogen and oxygen atoms in total. The minimum atomic E-state index is -0.163. The van der Waals surface area contributed by atoms with E-state index in [-0.39, 0.29) is 17.9 Å². The average molecular weight is 375 g/mol. The van der Waals surface area contributed by atoms with Crippen LogP contribution in [0, 0.1) is 19.8 Å². The maximum absolute atomic E-state index is 12.7. The van der Waals surface area contributed by atoms with Crippen LogP contribution in [-0.2, 0) is 17.8 Å². The van der Waals surface area contributed by atoms with Crippen molar-refractivity contribution in [3.63, 3.8) is 0 Å². The fourth-order valence-corrected chi connectivity index (χ4v) is 4.19. The Hall–Kier alpha value is -1.99. The van der Waals surface area contributed by atoms with Gasteiger partial charge in [0, 0.05) is 28.6 Å². The normalized spacial score (nSPS) is 13.6. The molecule has 1 N–H and O–H groups in total. The fourth-order valence-electron chi connectivity index (χ4n) is 2.75. The van der Waals surface area contributed by atoms with Crippen molar-refractivity contribution in [1.29, 1.82) is 0 Å². The third kappa shape index (κ3) is 4.55. The number of carbonyl (C=O) groups excluding carboxylic acids is 1. The van der Waals surface area contributed by atoms with Crippen molar-refractivity contribution in [2.24, 2.45) is 5.92 Å². The number of hydrogen-bond donors (Lipinski definition) is 1. The molecule has 0 fully saturated rings. The van der Waals surface area contributed by atoms with E-state index >= 15 is 0 Å². The number of hydrogen-bond acceptors (Lipinski definition) is 5. The number of aryl methyl sites for hydroxylation is 2. The van der Waals surface area contributed by atoms with Crippen molar-refractivity contribution in [3.05, 3.63) is 56.4 Å². The van der Waals surface area contributed by atoms with Crippen molar-refractivity contribution in [2.45, 2.75) is 39.8 Å². The number of nitrogens with zero attached hydrogens (tertiary/aromatic N) is 3. The zero-order valence-corrected chi connectivity index (χ0v) is 16.2. The second-order valence-electron chi connectivity index (χ2n) is 6.23. The molecule has 0 aliphatic carbocycles. The summed E-state index contributed by atoms with van der Waals surface area (Å²) in [6.45, 7) is 6.50. The summed E-state index contributed by atoms with van der Waals surface area (Å²) in [5, 5.41) is 12.6. The van der Waals surface area contributed by atoms with E-state index in [0.717, 1.165) is 22.8 Å². The molecule has 0 aliphatic rings. The van der Waals surface area contributed by atoms with E-state index in [1.165, 1.54) is 4.88 Å². The second kappa shape index (κ2) is 7.93. The molecule has 132 valence electrons. The first-order valence-electron chi connectivity index (χ1n) is 8.26. The van der Waals surface area contributed by atoms with Crippen molar-refractivity contribution in [3.8, 4) is 0 Å². The molecule has 3 rings (SSSR count). The van der Waals surface area contributed by atoms with Crippen LogP contribution >= 0.6 is 22.7 Å². The van der Waals surface area contributed by atoms with Crippen LogP contribution in [0.3, 0.4) is 0 Å². The van der Waals surface area contributed by atoms with E-state index < -0.39 is 0 Å². The molecule has 3 aromatic heterocycles. The quantitative estimate of drug-likeness (QED) is 0.685. The van der Waals surface area contributed by atoms with Gasteiger partial charge in [0.2, 0.25) is 5.91 Å². The summed E-state index contributed by atoms with van der Waals surface area (Å²) in [6.07, 6.45) is 2.55. The summed E-state index contributed by atoms with van der Waals surface area (Å²) in [7, 11) is 0. The van der Waals surface area contributed by atoms with Crippen LogP contribution in [0.4, 0.5) is 0 Å². The SMILES string of the molecule is Cc1cc(C)n(CC(C)C(=O)NC(Cc2cccs2)c2nccs2)n1. The monoisotopic (exact) mass is 374 g/mol. The molecule has 0 saturated heterocycles. The first-order valence-corrected chi connectivity index (χ1v) is 10.0. The number of rotatable bonds is 7. The van der Waals surface area contributed by atoms with Gasteiger partial charge in [0.05, 0.1) is 24.2 Å². The molecular weight excluding hydrogens is 352 g/mol. The first-order chi connectivity index (χ1) is 12.0. The predicted octanol–water partition coefficient (Wildman–Crippen LogP) is 3.75. The van der Waals surface area contributed by atoms with Gasteiger partial charge in [-0.1, -0.05) is 13.0 Å². The van der Waals surface area contributed by atoms with Gasteiger partial charge in [0.1, 0.15) is 5.01 Å².